The molecule has 1 N–H and O–H groups in total. The van der Waals surface area contributed by atoms with Gasteiger partial charge in [0.15, 0.2) is 5.69 Å². The van der Waals surface area contributed by atoms with Crippen LogP contribution < -0.4 is 5.32 Å². The van der Waals surface area contributed by atoms with E-state index in [-0.39, 0.29) is 11.6 Å². The number of rotatable bonds is 3. The van der Waals surface area contributed by atoms with Crippen molar-refractivity contribution in [3.63, 3.8) is 0 Å². The zero-order valence-corrected chi connectivity index (χ0v) is 12.4. The van der Waals surface area contributed by atoms with Crippen LogP contribution in [0.1, 0.15) is 16.1 Å². The van der Waals surface area contributed by atoms with E-state index in [9.17, 15) is 4.79 Å². The van der Waals surface area contributed by atoms with E-state index in [1.165, 1.54) is 4.68 Å². The number of hydrogen-bond donors (Lipinski definition) is 1. The molecular weight excluding hydrogens is 302 g/mol. The van der Waals surface area contributed by atoms with Crippen molar-refractivity contribution < 1.29 is 4.79 Å². The molecule has 3 rings (SSSR count). The average Bonchev–Trinajstić information content (AvgIpc) is 3.00. The number of aryl methyl sites for hydroxylation is 1. The molecule has 22 heavy (non-hydrogen) atoms. The topological polar surface area (TPSA) is 72.7 Å². The van der Waals surface area contributed by atoms with Gasteiger partial charge in [0.1, 0.15) is 5.82 Å². The number of carbonyl (C=O) groups excluding carboxylic acids is 1. The lowest BCUT2D eigenvalue weighted by Crippen LogP contribution is -2.13. The Kier molecular flexibility index (Phi) is 3.84. The van der Waals surface area contributed by atoms with Crippen molar-refractivity contribution in [2.24, 2.45) is 0 Å². The molecule has 0 radical (unpaired) electrons. The standard InChI is InChI=1S/C15H12ClN5O/c1-10-2-7-14(17-8-10)18-15(22)13-9-21(20-19-13)12-5-3-11(16)4-6-12/h2-9H,1H3,(H,17,18,22). The van der Waals surface area contributed by atoms with Crippen LogP contribution in [0, 0.1) is 6.92 Å². The molecular formula is C15H12ClN5O. The van der Waals surface area contributed by atoms with E-state index in [0.29, 0.717) is 10.8 Å². The van der Waals surface area contributed by atoms with E-state index in [1.54, 1.807) is 42.7 Å². The molecule has 0 unspecified atom stereocenters. The van der Waals surface area contributed by atoms with Gasteiger partial charge in [-0.2, -0.15) is 0 Å². The fourth-order valence-electron chi connectivity index (χ4n) is 1.81. The highest BCUT2D eigenvalue weighted by Crippen LogP contribution is 2.13. The van der Waals surface area contributed by atoms with Crippen molar-refractivity contribution in [2.75, 3.05) is 5.32 Å². The van der Waals surface area contributed by atoms with E-state index in [2.05, 4.69) is 20.6 Å². The molecule has 0 aliphatic rings. The Morgan fingerprint density at radius 2 is 1.95 bits per heavy atom. The second-order valence-corrected chi connectivity index (χ2v) is 5.14. The number of aromatic nitrogens is 4. The van der Waals surface area contributed by atoms with E-state index in [4.69, 9.17) is 11.6 Å². The van der Waals surface area contributed by atoms with Gasteiger partial charge in [-0.1, -0.05) is 22.9 Å². The molecule has 2 heterocycles. The van der Waals surface area contributed by atoms with Gasteiger partial charge in [-0.25, -0.2) is 9.67 Å². The predicted octanol–water partition coefficient (Wildman–Crippen LogP) is 2.88. The third-order valence-electron chi connectivity index (χ3n) is 2.97. The lowest BCUT2D eigenvalue weighted by Gasteiger charge is -2.01. The fourth-order valence-corrected chi connectivity index (χ4v) is 1.94. The number of nitrogens with zero attached hydrogens (tertiary/aromatic N) is 4. The Bertz CT molecular complexity index is 796. The van der Waals surface area contributed by atoms with Crippen molar-refractivity contribution in [2.45, 2.75) is 6.92 Å². The maximum Gasteiger partial charge on any atom is 0.279 e. The number of benzene rings is 1. The van der Waals surface area contributed by atoms with Crippen LogP contribution in [0.5, 0.6) is 0 Å². The summed E-state index contributed by atoms with van der Waals surface area (Å²) in [5, 5.41) is 11.1. The molecule has 0 bridgehead atoms. The van der Waals surface area contributed by atoms with Gasteiger partial charge in [-0.3, -0.25) is 4.79 Å². The minimum Gasteiger partial charge on any atom is -0.305 e. The first-order chi connectivity index (χ1) is 10.6. The molecule has 110 valence electrons. The SMILES string of the molecule is Cc1ccc(NC(=O)c2cn(-c3ccc(Cl)cc3)nn2)nc1. The van der Waals surface area contributed by atoms with Gasteiger partial charge in [0.25, 0.3) is 5.91 Å². The Morgan fingerprint density at radius 1 is 1.18 bits per heavy atom. The fraction of sp³-hybridized carbons (Fsp3) is 0.0667. The summed E-state index contributed by atoms with van der Waals surface area (Å²) in [5.41, 5.74) is 1.99. The van der Waals surface area contributed by atoms with E-state index in [1.807, 2.05) is 13.0 Å². The number of pyridine rings is 1. The zero-order chi connectivity index (χ0) is 15.5. The van der Waals surface area contributed by atoms with Gasteiger partial charge >= 0.3 is 0 Å². The summed E-state index contributed by atoms with van der Waals surface area (Å²) >= 11 is 5.84. The first-order valence-electron chi connectivity index (χ1n) is 6.54. The number of halogens is 1. The van der Waals surface area contributed by atoms with Gasteiger partial charge in [-0.15, -0.1) is 5.10 Å². The number of nitrogens with one attached hydrogen (secondary N) is 1. The molecule has 0 aliphatic heterocycles. The van der Waals surface area contributed by atoms with Crippen molar-refractivity contribution in [1.29, 1.82) is 0 Å². The highest BCUT2D eigenvalue weighted by atomic mass is 35.5. The molecule has 2 aromatic heterocycles. The minimum atomic E-state index is -0.364. The Balaban J connectivity index is 1.76. The number of amides is 1. The van der Waals surface area contributed by atoms with Crippen molar-refractivity contribution in [1.82, 2.24) is 20.0 Å². The molecule has 0 saturated heterocycles. The normalized spacial score (nSPS) is 10.5. The minimum absolute atomic E-state index is 0.206. The largest absolute Gasteiger partial charge is 0.305 e. The third-order valence-corrected chi connectivity index (χ3v) is 3.22. The molecule has 6 nitrogen and oxygen atoms in total. The maximum atomic E-state index is 12.1. The van der Waals surface area contributed by atoms with Crippen LogP contribution >= 0.6 is 11.6 Å². The van der Waals surface area contributed by atoms with E-state index < -0.39 is 0 Å². The molecule has 7 heteroatoms. The quantitative estimate of drug-likeness (QED) is 0.807. The molecule has 0 aliphatic carbocycles. The second kappa shape index (κ2) is 5.95. The molecule has 1 amide bonds. The molecule has 0 atom stereocenters. The first-order valence-corrected chi connectivity index (χ1v) is 6.92. The summed E-state index contributed by atoms with van der Waals surface area (Å²) < 4.78 is 1.51. The van der Waals surface area contributed by atoms with Crippen LogP contribution in [0.15, 0.2) is 48.8 Å². The highest BCUT2D eigenvalue weighted by molar-refractivity contribution is 6.30. The molecule has 0 saturated carbocycles. The number of carbonyl (C=O) groups is 1. The number of hydrogen-bond acceptors (Lipinski definition) is 4. The van der Waals surface area contributed by atoms with E-state index >= 15 is 0 Å². The van der Waals surface area contributed by atoms with Crippen LogP contribution in [0.25, 0.3) is 5.69 Å². The Morgan fingerprint density at radius 3 is 2.64 bits per heavy atom. The van der Waals surface area contributed by atoms with Crippen LogP contribution in [0.3, 0.4) is 0 Å². The third kappa shape index (κ3) is 3.12. The monoisotopic (exact) mass is 313 g/mol. The van der Waals surface area contributed by atoms with Gasteiger partial charge in [0.2, 0.25) is 0 Å². The highest BCUT2D eigenvalue weighted by Gasteiger charge is 2.12. The Hall–Kier alpha value is -2.73. The van der Waals surface area contributed by atoms with Crippen molar-refractivity contribution in [3.8, 4) is 5.69 Å². The van der Waals surface area contributed by atoms with E-state index in [0.717, 1.165) is 11.3 Å². The average molecular weight is 314 g/mol. The molecule has 0 spiro atoms. The lowest BCUT2D eigenvalue weighted by molar-refractivity contribution is 0.102. The summed E-state index contributed by atoms with van der Waals surface area (Å²) in [5.74, 6) is 0.105. The van der Waals surface area contributed by atoms with Gasteiger partial charge in [0, 0.05) is 11.2 Å². The van der Waals surface area contributed by atoms with Gasteiger partial charge in [-0.05, 0) is 42.8 Å². The smallest absolute Gasteiger partial charge is 0.279 e. The summed E-state index contributed by atoms with van der Waals surface area (Å²) in [7, 11) is 0. The van der Waals surface area contributed by atoms with Crippen molar-refractivity contribution >= 4 is 23.3 Å². The molecule has 0 fully saturated rings. The van der Waals surface area contributed by atoms with Crippen LogP contribution in [-0.2, 0) is 0 Å². The first kappa shape index (κ1) is 14.2. The lowest BCUT2D eigenvalue weighted by atomic mass is 10.3. The second-order valence-electron chi connectivity index (χ2n) is 4.70. The van der Waals surface area contributed by atoms with Gasteiger partial charge in [0.05, 0.1) is 11.9 Å². The van der Waals surface area contributed by atoms with Crippen LogP contribution in [0.4, 0.5) is 5.82 Å². The Labute approximate surface area is 131 Å². The maximum absolute atomic E-state index is 12.1. The van der Waals surface area contributed by atoms with Crippen LogP contribution in [-0.4, -0.2) is 25.9 Å². The summed E-state index contributed by atoms with van der Waals surface area (Å²) in [4.78, 5) is 16.2. The van der Waals surface area contributed by atoms with Crippen LogP contribution in [0.2, 0.25) is 5.02 Å². The summed E-state index contributed by atoms with van der Waals surface area (Å²) in [6.45, 7) is 1.93. The summed E-state index contributed by atoms with van der Waals surface area (Å²) in [6.07, 6.45) is 3.23. The van der Waals surface area contributed by atoms with Gasteiger partial charge < -0.3 is 5.32 Å². The molecule has 1 aromatic carbocycles. The summed E-state index contributed by atoms with van der Waals surface area (Å²) in [6, 6.07) is 10.7. The number of anilines is 1. The predicted molar refractivity (Wildman–Crippen MR) is 83.3 cm³/mol. The zero-order valence-electron chi connectivity index (χ0n) is 11.7. The molecule has 3 aromatic rings. The van der Waals surface area contributed by atoms with Crippen molar-refractivity contribution in [3.05, 3.63) is 65.1 Å².